The number of likely N-dealkylation sites (tertiary alicyclic amines) is 1. The van der Waals surface area contributed by atoms with Crippen LogP contribution in [-0.4, -0.2) is 54.3 Å². The molecule has 0 spiro atoms. The van der Waals surface area contributed by atoms with Crippen LogP contribution in [0, 0.1) is 5.92 Å². The van der Waals surface area contributed by atoms with E-state index in [2.05, 4.69) is 15.6 Å². The molecule has 0 unspecified atom stereocenters. The highest BCUT2D eigenvalue weighted by molar-refractivity contribution is 6.31. The lowest BCUT2D eigenvalue weighted by Gasteiger charge is -2.31. The summed E-state index contributed by atoms with van der Waals surface area (Å²) in [5, 5.41) is 6.12. The summed E-state index contributed by atoms with van der Waals surface area (Å²) in [6.45, 7) is 1.65. The predicted octanol–water partition coefficient (Wildman–Crippen LogP) is 2.42. The number of halogens is 1. The summed E-state index contributed by atoms with van der Waals surface area (Å²) in [5.41, 5.74) is 1.38. The van der Waals surface area contributed by atoms with Gasteiger partial charge in [0.1, 0.15) is 5.75 Å². The Kier molecular flexibility index (Phi) is 8.44. The minimum Gasteiger partial charge on any atom is -0.496 e. The van der Waals surface area contributed by atoms with Gasteiger partial charge in [0.05, 0.1) is 12.7 Å². The van der Waals surface area contributed by atoms with E-state index in [4.69, 9.17) is 16.3 Å². The first kappa shape index (κ1) is 23.5. The molecular weight excluding hydrogens is 432 g/mol. The van der Waals surface area contributed by atoms with E-state index < -0.39 is 0 Å². The van der Waals surface area contributed by atoms with Crippen molar-refractivity contribution in [1.29, 1.82) is 0 Å². The third kappa shape index (κ3) is 6.43. The second-order valence-corrected chi connectivity index (χ2v) is 8.02. The van der Waals surface area contributed by atoms with Crippen molar-refractivity contribution in [3.63, 3.8) is 0 Å². The van der Waals surface area contributed by atoms with Gasteiger partial charge in [0.2, 0.25) is 11.8 Å². The maximum Gasteiger partial charge on any atom is 0.257 e. The largest absolute Gasteiger partial charge is 0.496 e. The topological polar surface area (TPSA) is 101 Å². The highest BCUT2D eigenvalue weighted by atomic mass is 35.5. The molecule has 2 N–H and O–H groups in total. The fourth-order valence-electron chi connectivity index (χ4n) is 3.60. The summed E-state index contributed by atoms with van der Waals surface area (Å²) in [6.07, 6.45) is 4.68. The lowest BCUT2D eigenvalue weighted by Crippen LogP contribution is -2.43. The van der Waals surface area contributed by atoms with Gasteiger partial charge in [-0.2, -0.15) is 0 Å². The summed E-state index contributed by atoms with van der Waals surface area (Å²) < 4.78 is 5.27. The van der Waals surface area contributed by atoms with Crippen LogP contribution in [0.1, 0.15) is 35.2 Å². The van der Waals surface area contributed by atoms with Crippen LogP contribution in [-0.2, 0) is 16.1 Å². The van der Waals surface area contributed by atoms with E-state index in [1.54, 1.807) is 35.5 Å². The number of carbonyl (C=O) groups is 3. The summed E-state index contributed by atoms with van der Waals surface area (Å²) in [7, 11) is 1.51. The molecule has 0 aliphatic carbocycles. The fraction of sp³-hybridized carbons (Fsp3) is 0.391. The fourth-order valence-corrected chi connectivity index (χ4v) is 3.77. The molecule has 1 fully saturated rings. The molecule has 3 rings (SSSR count). The Hall–Kier alpha value is -3.13. The SMILES string of the molecule is COc1ccc(Cl)cc1C(=O)N1CCC(C(=O)NCCC(=O)NCc2ccncc2)CC1. The van der Waals surface area contributed by atoms with Crippen molar-refractivity contribution in [2.24, 2.45) is 5.92 Å². The van der Waals surface area contributed by atoms with Crippen molar-refractivity contribution in [3.8, 4) is 5.75 Å². The van der Waals surface area contributed by atoms with Crippen molar-refractivity contribution in [1.82, 2.24) is 20.5 Å². The maximum atomic E-state index is 12.9. The highest BCUT2D eigenvalue weighted by Gasteiger charge is 2.29. The van der Waals surface area contributed by atoms with Gasteiger partial charge in [-0.1, -0.05) is 11.6 Å². The molecule has 0 radical (unpaired) electrons. The number of nitrogens with one attached hydrogen (secondary N) is 2. The number of hydrogen-bond acceptors (Lipinski definition) is 5. The predicted molar refractivity (Wildman–Crippen MR) is 120 cm³/mol. The number of hydrogen-bond donors (Lipinski definition) is 2. The smallest absolute Gasteiger partial charge is 0.257 e. The first-order valence-electron chi connectivity index (χ1n) is 10.5. The van der Waals surface area contributed by atoms with Gasteiger partial charge < -0.3 is 20.3 Å². The zero-order chi connectivity index (χ0) is 22.9. The van der Waals surface area contributed by atoms with E-state index in [1.165, 1.54) is 7.11 Å². The summed E-state index contributed by atoms with van der Waals surface area (Å²) >= 11 is 6.03. The number of aromatic nitrogens is 1. The molecule has 0 bridgehead atoms. The van der Waals surface area contributed by atoms with Crippen LogP contribution in [0.15, 0.2) is 42.7 Å². The number of ether oxygens (including phenoxy) is 1. The van der Waals surface area contributed by atoms with Gasteiger partial charge in [0, 0.05) is 55.9 Å². The van der Waals surface area contributed by atoms with Crippen molar-refractivity contribution in [2.75, 3.05) is 26.7 Å². The van der Waals surface area contributed by atoms with Gasteiger partial charge in [0.15, 0.2) is 0 Å². The molecule has 8 nitrogen and oxygen atoms in total. The average Bonchev–Trinajstić information content (AvgIpc) is 2.83. The van der Waals surface area contributed by atoms with Gasteiger partial charge in [-0.3, -0.25) is 19.4 Å². The molecule has 3 amide bonds. The Morgan fingerprint density at radius 2 is 1.84 bits per heavy atom. The molecule has 170 valence electrons. The van der Waals surface area contributed by atoms with Crippen LogP contribution in [0.2, 0.25) is 5.02 Å². The molecule has 9 heteroatoms. The average molecular weight is 459 g/mol. The summed E-state index contributed by atoms with van der Waals surface area (Å²) in [5.74, 6) is -0.0758. The monoisotopic (exact) mass is 458 g/mol. The van der Waals surface area contributed by atoms with Gasteiger partial charge in [-0.25, -0.2) is 0 Å². The van der Waals surface area contributed by atoms with E-state index >= 15 is 0 Å². The van der Waals surface area contributed by atoms with E-state index in [0.717, 1.165) is 5.56 Å². The molecule has 0 atom stereocenters. The molecule has 0 saturated carbocycles. The number of carbonyl (C=O) groups excluding carboxylic acids is 3. The number of piperidine rings is 1. The zero-order valence-electron chi connectivity index (χ0n) is 18.0. The van der Waals surface area contributed by atoms with Gasteiger partial charge in [0.25, 0.3) is 5.91 Å². The molecule has 1 aliphatic rings. The quantitative estimate of drug-likeness (QED) is 0.632. The van der Waals surface area contributed by atoms with Gasteiger partial charge in [-0.15, -0.1) is 0 Å². The molecule has 2 aromatic rings. The van der Waals surface area contributed by atoms with Crippen LogP contribution < -0.4 is 15.4 Å². The Labute approximate surface area is 192 Å². The van der Waals surface area contributed by atoms with Gasteiger partial charge in [-0.05, 0) is 48.7 Å². The second-order valence-electron chi connectivity index (χ2n) is 7.58. The minimum atomic E-state index is -0.180. The van der Waals surface area contributed by atoms with Gasteiger partial charge >= 0.3 is 0 Å². The number of methoxy groups -OCH3 is 1. The van der Waals surface area contributed by atoms with Crippen LogP contribution in [0.3, 0.4) is 0 Å². The van der Waals surface area contributed by atoms with Crippen molar-refractivity contribution < 1.29 is 19.1 Å². The second kappa shape index (κ2) is 11.5. The Morgan fingerprint density at radius 3 is 2.53 bits per heavy atom. The van der Waals surface area contributed by atoms with E-state index in [-0.39, 0.29) is 36.6 Å². The number of amides is 3. The van der Waals surface area contributed by atoms with E-state index in [1.807, 2.05) is 12.1 Å². The standard InChI is InChI=1S/C23H27ClN4O4/c1-32-20-3-2-18(24)14-19(20)23(31)28-12-7-17(8-13-28)22(30)26-11-6-21(29)27-15-16-4-9-25-10-5-16/h2-5,9-10,14,17H,6-8,11-13,15H2,1H3,(H,26,30)(H,27,29). The zero-order valence-corrected chi connectivity index (χ0v) is 18.7. The lowest BCUT2D eigenvalue weighted by atomic mass is 9.95. The maximum absolute atomic E-state index is 12.9. The normalized spacial score (nSPS) is 14.0. The molecule has 1 aromatic heterocycles. The lowest BCUT2D eigenvalue weighted by molar-refractivity contribution is -0.126. The highest BCUT2D eigenvalue weighted by Crippen LogP contribution is 2.26. The van der Waals surface area contributed by atoms with Crippen LogP contribution >= 0.6 is 11.6 Å². The van der Waals surface area contributed by atoms with Crippen molar-refractivity contribution in [2.45, 2.75) is 25.8 Å². The molecule has 1 saturated heterocycles. The Bertz CT molecular complexity index is 946. The molecule has 2 heterocycles. The minimum absolute atomic E-state index is 0.0839. The molecule has 32 heavy (non-hydrogen) atoms. The number of nitrogens with zero attached hydrogens (tertiary/aromatic N) is 2. The van der Waals surface area contributed by atoms with Crippen LogP contribution in [0.5, 0.6) is 5.75 Å². The van der Waals surface area contributed by atoms with Crippen LogP contribution in [0.25, 0.3) is 0 Å². The van der Waals surface area contributed by atoms with Crippen LogP contribution in [0.4, 0.5) is 0 Å². The number of rotatable bonds is 8. The van der Waals surface area contributed by atoms with Crippen molar-refractivity contribution >= 4 is 29.3 Å². The molecular formula is C23H27ClN4O4. The molecule has 1 aliphatic heterocycles. The Balaban J connectivity index is 1.39. The Morgan fingerprint density at radius 1 is 1.12 bits per heavy atom. The number of benzene rings is 1. The van der Waals surface area contributed by atoms with E-state index in [9.17, 15) is 14.4 Å². The van der Waals surface area contributed by atoms with E-state index in [0.29, 0.717) is 48.8 Å². The third-order valence-electron chi connectivity index (χ3n) is 5.44. The summed E-state index contributed by atoms with van der Waals surface area (Å²) in [4.78, 5) is 42.9. The third-order valence-corrected chi connectivity index (χ3v) is 5.67. The van der Waals surface area contributed by atoms with Crippen molar-refractivity contribution in [3.05, 3.63) is 58.9 Å². The number of pyridine rings is 1. The summed E-state index contributed by atoms with van der Waals surface area (Å²) in [6, 6.07) is 8.61. The first-order valence-corrected chi connectivity index (χ1v) is 10.9. The first-order chi connectivity index (χ1) is 15.5. The molecule has 1 aromatic carbocycles.